The number of likely N-dealkylation sites (N-methyl/N-ethyl adjacent to an activating group) is 1. The number of hydrogen-bond acceptors (Lipinski definition) is 3. The highest BCUT2D eigenvalue weighted by atomic mass is 16.4. The Balaban J connectivity index is 2.29. The fraction of sp³-hybridized carbons (Fsp3) is 0.214. The monoisotopic (exact) mass is 259 g/mol. The smallest absolute Gasteiger partial charge is 0.328 e. The van der Waals surface area contributed by atoms with Gasteiger partial charge in [0.25, 0.3) is 0 Å². The number of allylic oxidation sites excluding steroid dienone is 1. The Bertz CT molecular complexity index is 589. The molecule has 19 heavy (non-hydrogen) atoms. The number of carbonyl (C=O) groups is 3. The van der Waals surface area contributed by atoms with Gasteiger partial charge in [0.05, 0.1) is 6.42 Å². The molecule has 2 rings (SSSR count). The van der Waals surface area contributed by atoms with Crippen LogP contribution in [0.1, 0.15) is 22.8 Å². The van der Waals surface area contributed by atoms with Gasteiger partial charge in [-0.3, -0.25) is 9.59 Å². The van der Waals surface area contributed by atoms with Crippen LogP contribution in [0.15, 0.2) is 30.4 Å². The van der Waals surface area contributed by atoms with Crippen LogP contribution in [-0.4, -0.2) is 29.3 Å². The molecule has 1 heterocycles. The van der Waals surface area contributed by atoms with Crippen molar-refractivity contribution in [3.05, 3.63) is 41.5 Å². The molecule has 98 valence electrons. The van der Waals surface area contributed by atoms with Crippen molar-refractivity contribution in [2.45, 2.75) is 13.3 Å². The van der Waals surface area contributed by atoms with E-state index in [1.807, 2.05) is 6.92 Å². The predicted octanol–water partition coefficient (Wildman–Crippen LogP) is 1.42. The quantitative estimate of drug-likeness (QED) is 0.655. The summed E-state index contributed by atoms with van der Waals surface area (Å²) >= 11 is 0. The second-order valence-corrected chi connectivity index (χ2v) is 4.19. The van der Waals surface area contributed by atoms with Crippen LogP contribution in [0.25, 0.3) is 0 Å². The van der Waals surface area contributed by atoms with Gasteiger partial charge in [0, 0.05) is 23.9 Å². The van der Waals surface area contributed by atoms with E-state index in [-0.39, 0.29) is 18.1 Å². The summed E-state index contributed by atoms with van der Waals surface area (Å²) in [7, 11) is 0. The molecule has 0 spiro atoms. The van der Waals surface area contributed by atoms with Gasteiger partial charge in [-0.1, -0.05) is 0 Å². The van der Waals surface area contributed by atoms with E-state index in [2.05, 4.69) is 0 Å². The average molecular weight is 259 g/mol. The van der Waals surface area contributed by atoms with Crippen LogP contribution in [0.5, 0.6) is 0 Å². The first-order valence-corrected chi connectivity index (χ1v) is 5.91. The molecule has 0 saturated heterocycles. The van der Waals surface area contributed by atoms with Crippen molar-refractivity contribution < 1.29 is 19.5 Å². The average Bonchev–Trinajstić information content (AvgIpc) is 2.69. The third-order valence-corrected chi connectivity index (χ3v) is 2.99. The van der Waals surface area contributed by atoms with Crippen molar-refractivity contribution in [2.75, 3.05) is 11.4 Å². The zero-order valence-corrected chi connectivity index (χ0v) is 10.4. The van der Waals surface area contributed by atoms with E-state index >= 15 is 0 Å². The number of carboxylic acids is 1. The first kappa shape index (κ1) is 13.0. The molecule has 0 unspecified atom stereocenters. The second-order valence-electron chi connectivity index (χ2n) is 4.19. The highest BCUT2D eigenvalue weighted by Crippen LogP contribution is 2.29. The van der Waals surface area contributed by atoms with Gasteiger partial charge in [-0.2, -0.15) is 0 Å². The number of amides is 1. The summed E-state index contributed by atoms with van der Waals surface area (Å²) in [5.74, 6) is -1.53. The first-order valence-electron chi connectivity index (χ1n) is 5.91. The molecule has 0 aliphatic carbocycles. The topological polar surface area (TPSA) is 74.7 Å². The maximum absolute atomic E-state index is 11.7. The number of carboxylic acid groups (broad SMARTS) is 1. The van der Waals surface area contributed by atoms with Crippen molar-refractivity contribution in [2.24, 2.45) is 0 Å². The molecule has 1 N–H and O–H groups in total. The Morgan fingerprint density at radius 3 is 2.74 bits per heavy atom. The summed E-state index contributed by atoms with van der Waals surface area (Å²) in [6, 6.07) is 4.98. The lowest BCUT2D eigenvalue weighted by atomic mass is 10.0. The molecular weight excluding hydrogens is 246 g/mol. The summed E-state index contributed by atoms with van der Waals surface area (Å²) < 4.78 is 0. The lowest BCUT2D eigenvalue weighted by molar-refractivity contribution is -0.131. The van der Waals surface area contributed by atoms with Crippen molar-refractivity contribution in [1.82, 2.24) is 0 Å². The third kappa shape index (κ3) is 2.54. The minimum Gasteiger partial charge on any atom is -0.478 e. The SMILES string of the molecule is CCN1C(=O)Cc2cc(C(=O)/C=C/C(=O)O)ccc21. The Morgan fingerprint density at radius 2 is 2.11 bits per heavy atom. The molecule has 0 bridgehead atoms. The number of nitrogens with zero attached hydrogens (tertiary/aromatic N) is 1. The minimum atomic E-state index is -1.16. The summed E-state index contributed by atoms with van der Waals surface area (Å²) in [6.07, 6.45) is 2.10. The van der Waals surface area contributed by atoms with Gasteiger partial charge in [-0.25, -0.2) is 4.79 Å². The summed E-state index contributed by atoms with van der Waals surface area (Å²) in [5, 5.41) is 8.48. The highest BCUT2D eigenvalue weighted by Gasteiger charge is 2.26. The molecule has 1 aromatic rings. The van der Waals surface area contributed by atoms with Crippen molar-refractivity contribution in [1.29, 1.82) is 0 Å². The molecule has 1 aromatic carbocycles. The maximum atomic E-state index is 11.7. The molecule has 1 aliphatic rings. The van der Waals surface area contributed by atoms with E-state index < -0.39 is 5.97 Å². The summed E-state index contributed by atoms with van der Waals surface area (Å²) in [5.41, 5.74) is 2.02. The number of benzene rings is 1. The molecule has 5 heteroatoms. The standard InChI is InChI=1S/C14H13NO4/c1-2-15-11-4-3-9(7-10(11)8-13(15)17)12(16)5-6-14(18)19/h3-7H,2,8H2,1H3,(H,18,19)/b6-5+. The number of carbonyl (C=O) groups excluding carboxylic acids is 2. The fourth-order valence-electron chi connectivity index (χ4n) is 2.13. The van der Waals surface area contributed by atoms with Crippen LogP contribution in [0.4, 0.5) is 5.69 Å². The lowest BCUT2D eigenvalue weighted by Crippen LogP contribution is -2.25. The van der Waals surface area contributed by atoms with Crippen LogP contribution in [0.3, 0.4) is 0 Å². The van der Waals surface area contributed by atoms with Gasteiger partial charge in [0.1, 0.15) is 0 Å². The van der Waals surface area contributed by atoms with E-state index in [9.17, 15) is 14.4 Å². The molecule has 1 aliphatic heterocycles. The lowest BCUT2D eigenvalue weighted by Gasteiger charge is -2.14. The zero-order valence-electron chi connectivity index (χ0n) is 10.4. The fourth-order valence-corrected chi connectivity index (χ4v) is 2.13. The van der Waals surface area contributed by atoms with E-state index in [1.165, 1.54) is 0 Å². The van der Waals surface area contributed by atoms with Gasteiger partial charge >= 0.3 is 5.97 Å². The normalized spacial score (nSPS) is 13.9. The molecule has 0 saturated carbocycles. The van der Waals surface area contributed by atoms with Crippen molar-refractivity contribution in [3.63, 3.8) is 0 Å². The summed E-state index contributed by atoms with van der Waals surface area (Å²) in [4.78, 5) is 35.5. The van der Waals surface area contributed by atoms with Crippen LogP contribution in [0, 0.1) is 0 Å². The second kappa shape index (κ2) is 5.06. The Kier molecular flexibility index (Phi) is 3.46. The molecule has 0 atom stereocenters. The van der Waals surface area contributed by atoms with Gasteiger partial charge in [0.15, 0.2) is 5.78 Å². The Hall–Kier alpha value is -2.43. The van der Waals surface area contributed by atoms with Gasteiger partial charge in [0.2, 0.25) is 5.91 Å². The number of ketones is 1. The zero-order chi connectivity index (χ0) is 14.0. The van der Waals surface area contributed by atoms with E-state index in [0.29, 0.717) is 12.1 Å². The van der Waals surface area contributed by atoms with Crippen LogP contribution in [-0.2, 0) is 16.0 Å². The highest BCUT2D eigenvalue weighted by molar-refractivity contribution is 6.08. The Labute approximate surface area is 110 Å². The van der Waals surface area contributed by atoms with E-state index in [1.54, 1.807) is 23.1 Å². The van der Waals surface area contributed by atoms with Crippen molar-refractivity contribution >= 4 is 23.3 Å². The van der Waals surface area contributed by atoms with Crippen LogP contribution >= 0.6 is 0 Å². The van der Waals surface area contributed by atoms with Crippen LogP contribution < -0.4 is 4.90 Å². The molecule has 0 aromatic heterocycles. The number of fused-ring (bicyclic) bond motifs is 1. The van der Waals surface area contributed by atoms with Crippen molar-refractivity contribution in [3.8, 4) is 0 Å². The number of aliphatic carboxylic acids is 1. The van der Waals surface area contributed by atoms with Gasteiger partial charge in [-0.05, 0) is 36.8 Å². The number of rotatable bonds is 4. The van der Waals surface area contributed by atoms with Gasteiger partial charge in [-0.15, -0.1) is 0 Å². The number of hydrogen-bond donors (Lipinski definition) is 1. The maximum Gasteiger partial charge on any atom is 0.328 e. The molecular formula is C14H13NO4. The van der Waals surface area contributed by atoms with Crippen LogP contribution in [0.2, 0.25) is 0 Å². The first-order chi connectivity index (χ1) is 9.02. The molecule has 0 radical (unpaired) electrons. The molecule has 5 nitrogen and oxygen atoms in total. The summed E-state index contributed by atoms with van der Waals surface area (Å²) in [6.45, 7) is 2.49. The Morgan fingerprint density at radius 1 is 1.37 bits per heavy atom. The predicted molar refractivity (Wildman–Crippen MR) is 69.3 cm³/mol. The minimum absolute atomic E-state index is 0.0168. The molecule has 1 amide bonds. The van der Waals surface area contributed by atoms with E-state index in [4.69, 9.17) is 5.11 Å². The molecule has 0 fully saturated rings. The largest absolute Gasteiger partial charge is 0.478 e. The third-order valence-electron chi connectivity index (χ3n) is 2.99. The van der Waals surface area contributed by atoms with Gasteiger partial charge < -0.3 is 10.0 Å². The number of anilines is 1. The van der Waals surface area contributed by atoms with E-state index in [0.717, 1.165) is 23.4 Å².